The Balaban J connectivity index is 0.833. The van der Waals surface area contributed by atoms with Gasteiger partial charge in [-0.05, 0) is 56.5 Å². The Morgan fingerprint density at radius 2 is 1.53 bits per heavy atom. The van der Waals surface area contributed by atoms with Gasteiger partial charge < -0.3 is 34.6 Å². The van der Waals surface area contributed by atoms with Crippen LogP contribution in [0.3, 0.4) is 0 Å². The molecule has 2 aromatic rings. The number of aliphatic imine (C=N–C) groups is 2. The van der Waals surface area contributed by atoms with Crippen LogP contribution in [-0.4, -0.2) is 174 Å². The number of piperidine rings is 1. The summed E-state index contributed by atoms with van der Waals surface area (Å²) in [6.45, 7) is 14.8. The Kier molecular flexibility index (Phi) is 15.3. The molecule has 322 valence electrons. The molecule has 0 saturated carbocycles. The molecule has 1 unspecified atom stereocenters. The Hall–Kier alpha value is -5.40. The number of halogens is 1. The van der Waals surface area contributed by atoms with Gasteiger partial charge in [0.1, 0.15) is 17.6 Å². The highest BCUT2D eigenvalue weighted by Gasteiger charge is 2.44. The summed E-state index contributed by atoms with van der Waals surface area (Å²) in [6.07, 6.45) is 0.210. The number of ether oxygens (including phenoxy) is 3. The largest absolute Gasteiger partial charge is 0.495 e. The van der Waals surface area contributed by atoms with Crippen LogP contribution < -0.4 is 25.6 Å². The second-order valence-electron chi connectivity index (χ2n) is 14.6. The molecule has 0 aromatic heterocycles. The number of piperazine rings is 2. The van der Waals surface area contributed by atoms with Crippen molar-refractivity contribution in [2.45, 2.75) is 25.8 Å². The van der Waals surface area contributed by atoms with Crippen LogP contribution in [0.25, 0.3) is 0 Å². The normalized spacial score (nSPS) is 19.6. The van der Waals surface area contributed by atoms with Crippen LogP contribution >= 0.6 is 11.6 Å². The van der Waals surface area contributed by atoms with Crippen LogP contribution in [0.1, 0.15) is 50.8 Å². The standard InChI is InChI=1S/C41H53ClN10O8/c1-27(42)36(43-2)47-41(44-3)45-32-8-5-28(25-34(32)58-4)38(55)51-17-13-49(14-18-51)20-22-60-24-23-59-21-19-48-11-15-50(16-12-48)29-6-7-30-31(26-29)40(57)52(39(30)56)33-9-10-35(53)46-37(33)54/h5-8,25-26,33,43H,3,9-24H2,1-2,4H3,(H,45,47)(H,46,53,54)/b36-27+. The lowest BCUT2D eigenvalue weighted by atomic mass is 10.0. The van der Waals surface area contributed by atoms with E-state index in [1.807, 2.05) is 11.0 Å². The van der Waals surface area contributed by atoms with Crippen LogP contribution in [0.5, 0.6) is 5.75 Å². The van der Waals surface area contributed by atoms with Crippen LogP contribution in [0, 0.1) is 0 Å². The van der Waals surface area contributed by atoms with Crippen molar-refractivity contribution < 1.29 is 38.2 Å². The maximum absolute atomic E-state index is 13.4. The van der Waals surface area contributed by atoms with Gasteiger partial charge >= 0.3 is 0 Å². The van der Waals surface area contributed by atoms with Crippen molar-refractivity contribution >= 4 is 65.2 Å². The van der Waals surface area contributed by atoms with E-state index in [1.165, 1.54) is 7.11 Å². The molecule has 0 aliphatic carbocycles. The van der Waals surface area contributed by atoms with E-state index in [0.717, 1.165) is 62.9 Å². The first-order chi connectivity index (χ1) is 29.0. The number of nitrogens with one attached hydrogen (secondary N) is 3. The lowest BCUT2D eigenvalue weighted by Gasteiger charge is -2.36. The van der Waals surface area contributed by atoms with Crippen LogP contribution in [0.4, 0.5) is 11.4 Å². The molecule has 60 heavy (non-hydrogen) atoms. The molecule has 1 atom stereocenters. The molecule has 3 N–H and O–H groups in total. The average Bonchev–Trinajstić information content (AvgIpc) is 3.50. The predicted octanol–water partition coefficient (Wildman–Crippen LogP) is 1.83. The number of hydrogen-bond donors (Lipinski definition) is 3. The molecule has 0 bridgehead atoms. The Labute approximate surface area is 354 Å². The average molecular weight is 849 g/mol. The number of fused-ring (bicyclic) bond motifs is 1. The summed E-state index contributed by atoms with van der Waals surface area (Å²) < 4.78 is 17.3. The molecule has 18 nitrogen and oxygen atoms in total. The smallest absolute Gasteiger partial charge is 0.262 e. The first kappa shape index (κ1) is 44.2. The molecule has 4 aliphatic heterocycles. The van der Waals surface area contributed by atoms with E-state index in [4.69, 9.17) is 25.8 Å². The van der Waals surface area contributed by atoms with Gasteiger partial charge in [-0.25, -0.2) is 4.99 Å². The monoisotopic (exact) mass is 848 g/mol. The molecule has 3 fully saturated rings. The zero-order valence-electron chi connectivity index (χ0n) is 34.3. The second-order valence-corrected chi connectivity index (χ2v) is 15.2. The van der Waals surface area contributed by atoms with Gasteiger partial charge in [0.15, 0.2) is 0 Å². The molecule has 6 rings (SSSR count). The van der Waals surface area contributed by atoms with Crippen LogP contribution in [0.15, 0.2) is 57.2 Å². The van der Waals surface area contributed by atoms with E-state index in [0.29, 0.717) is 67.4 Å². The first-order valence-corrected chi connectivity index (χ1v) is 20.4. The Bertz CT molecular complexity index is 2010. The van der Waals surface area contributed by atoms with Gasteiger partial charge in [-0.15, -0.1) is 0 Å². The molecule has 5 amide bonds. The van der Waals surface area contributed by atoms with Gasteiger partial charge in [-0.1, -0.05) is 11.6 Å². The van der Waals surface area contributed by atoms with Crippen molar-refractivity contribution in [3.8, 4) is 5.75 Å². The number of benzene rings is 2. The fraction of sp³-hybridized carbons (Fsp3) is 0.488. The van der Waals surface area contributed by atoms with E-state index in [1.54, 1.807) is 44.3 Å². The van der Waals surface area contributed by atoms with Crippen molar-refractivity contribution in [1.82, 2.24) is 30.2 Å². The van der Waals surface area contributed by atoms with Crippen molar-refractivity contribution in [1.29, 1.82) is 0 Å². The van der Waals surface area contributed by atoms with Gasteiger partial charge in [0.05, 0.1) is 55.4 Å². The number of amides is 5. The van der Waals surface area contributed by atoms with Crippen molar-refractivity contribution in [3.63, 3.8) is 0 Å². The Morgan fingerprint density at radius 1 is 0.883 bits per heavy atom. The minimum atomic E-state index is -0.982. The number of anilines is 2. The van der Waals surface area contributed by atoms with E-state index in [9.17, 15) is 24.0 Å². The highest BCUT2D eigenvalue weighted by atomic mass is 35.5. The number of imide groups is 2. The third-order valence-electron chi connectivity index (χ3n) is 10.9. The summed E-state index contributed by atoms with van der Waals surface area (Å²) in [5.41, 5.74) is 2.51. The number of guanidine groups is 1. The third-order valence-corrected chi connectivity index (χ3v) is 11.1. The molecule has 0 radical (unpaired) electrons. The maximum Gasteiger partial charge on any atom is 0.262 e. The van der Waals surface area contributed by atoms with Gasteiger partial charge in [-0.2, -0.15) is 4.99 Å². The van der Waals surface area contributed by atoms with E-state index in [2.05, 4.69) is 47.4 Å². The zero-order valence-corrected chi connectivity index (χ0v) is 35.1. The molecule has 0 spiro atoms. The molecule has 19 heteroatoms. The summed E-state index contributed by atoms with van der Waals surface area (Å²) >= 11 is 6.08. The van der Waals surface area contributed by atoms with E-state index < -0.39 is 29.7 Å². The molecule has 2 aromatic carbocycles. The van der Waals surface area contributed by atoms with Crippen molar-refractivity contribution in [2.24, 2.45) is 9.98 Å². The van der Waals surface area contributed by atoms with Gasteiger partial charge in [0.25, 0.3) is 17.7 Å². The van der Waals surface area contributed by atoms with E-state index in [-0.39, 0.29) is 35.8 Å². The summed E-state index contributed by atoms with van der Waals surface area (Å²) in [6, 6.07) is 9.44. The van der Waals surface area contributed by atoms with Crippen molar-refractivity contribution in [2.75, 3.05) is 116 Å². The lowest BCUT2D eigenvalue weighted by molar-refractivity contribution is -0.136. The molecule has 4 heterocycles. The molecular formula is C41H53ClN10O8. The van der Waals surface area contributed by atoms with Crippen LogP contribution in [-0.2, 0) is 19.1 Å². The number of hydrogen-bond acceptors (Lipinski definition) is 13. The number of carbonyl (C=O) groups is 5. The van der Waals surface area contributed by atoms with Gasteiger partial charge in [0.2, 0.25) is 17.8 Å². The van der Waals surface area contributed by atoms with Gasteiger partial charge in [-0.3, -0.25) is 44.0 Å². The molecular weight excluding hydrogens is 796 g/mol. The minimum Gasteiger partial charge on any atom is -0.495 e. The summed E-state index contributed by atoms with van der Waals surface area (Å²) in [5, 5.41) is 8.67. The number of rotatable bonds is 16. The third kappa shape index (κ3) is 10.7. The Morgan fingerprint density at radius 3 is 2.13 bits per heavy atom. The zero-order chi connectivity index (χ0) is 42.8. The second kappa shape index (κ2) is 20.7. The highest BCUT2D eigenvalue weighted by molar-refractivity contribution is 6.29. The summed E-state index contributed by atoms with van der Waals surface area (Å²) in [7, 11) is 3.24. The quantitative estimate of drug-likeness (QED) is 0.0962. The SMILES string of the molecule is C=N/C(=N\C(NC)=C(/C)Cl)Nc1ccc(C(=O)N2CCN(CCOCCOCCN3CCN(c4ccc5c(c4)C(=O)N(C4CCC(=O)NC4=O)C5=O)CC3)CC2)cc1OC. The first-order valence-electron chi connectivity index (χ1n) is 20.1. The lowest BCUT2D eigenvalue weighted by Crippen LogP contribution is -2.54. The number of allylic oxidation sites excluding steroid dienone is 1. The minimum absolute atomic E-state index is 0.0687. The summed E-state index contributed by atoms with van der Waals surface area (Å²) in [5.74, 6) is -0.974. The van der Waals surface area contributed by atoms with Gasteiger partial charge in [0, 0.05) is 90.2 Å². The maximum atomic E-state index is 13.4. The number of nitrogens with zero attached hydrogens (tertiary/aromatic N) is 7. The number of carbonyl (C=O) groups excluding carboxylic acids is 5. The molecule has 3 saturated heterocycles. The highest BCUT2D eigenvalue weighted by Crippen LogP contribution is 2.31. The predicted molar refractivity (Wildman–Crippen MR) is 227 cm³/mol. The fourth-order valence-electron chi connectivity index (χ4n) is 7.51. The van der Waals surface area contributed by atoms with Crippen LogP contribution in [0.2, 0.25) is 0 Å². The number of methoxy groups -OCH3 is 1. The fourth-order valence-corrected chi connectivity index (χ4v) is 7.65. The van der Waals surface area contributed by atoms with E-state index >= 15 is 0 Å². The molecule has 4 aliphatic rings. The topological polar surface area (TPSA) is 190 Å². The summed E-state index contributed by atoms with van der Waals surface area (Å²) in [4.78, 5) is 81.5. The van der Waals surface area contributed by atoms with Crippen molar-refractivity contribution in [3.05, 3.63) is 63.9 Å².